The SMILES string of the molecule is CC(C)(C)c1cc(-c2ccccc2)cc(-c2ccccc2F)c1. The molecule has 0 aliphatic carbocycles. The van der Waals surface area contributed by atoms with Crippen LogP contribution in [0.15, 0.2) is 72.8 Å². The molecule has 0 unspecified atom stereocenters. The molecule has 0 aliphatic heterocycles. The zero-order valence-corrected chi connectivity index (χ0v) is 13.8. The number of benzene rings is 3. The monoisotopic (exact) mass is 304 g/mol. The highest BCUT2D eigenvalue weighted by atomic mass is 19.1. The fraction of sp³-hybridized carbons (Fsp3) is 0.182. The van der Waals surface area contributed by atoms with Crippen molar-refractivity contribution in [3.63, 3.8) is 0 Å². The smallest absolute Gasteiger partial charge is 0.131 e. The Hall–Kier alpha value is -2.41. The summed E-state index contributed by atoms with van der Waals surface area (Å²) < 4.78 is 14.2. The lowest BCUT2D eigenvalue weighted by atomic mass is 9.83. The lowest BCUT2D eigenvalue weighted by Gasteiger charge is -2.22. The van der Waals surface area contributed by atoms with Gasteiger partial charge in [0.25, 0.3) is 0 Å². The van der Waals surface area contributed by atoms with Gasteiger partial charge in [0.2, 0.25) is 0 Å². The Morgan fingerprint density at radius 3 is 1.91 bits per heavy atom. The van der Waals surface area contributed by atoms with Gasteiger partial charge < -0.3 is 0 Å². The first-order valence-electron chi connectivity index (χ1n) is 7.91. The quantitative estimate of drug-likeness (QED) is 0.510. The molecule has 116 valence electrons. The van der Waals surface area contributed by atoms with Crippen molar-refractivity contribution < 1.29 is 4.39 Å². The van der Waals surface area contributed by atoms with E-state index in [1.807, 2.05) is 30.3 Å². The van der Waals surface area contributed by atoms with Crippen molar-refractivity contribution in [1.29, 1.82) is 0 Å². The first-order chi connectivity index (χ1) is 10.9. The molecule has 0 aromatic heterocycles. The standard InChI is InChI=1S/C22H21F/c1-22(2,3)19-14-17(16-9-5-4-6-10-16)13-18(15-19)20-11-7-8-12-21(20)23/h4-15H,1-3H3. The highest BCUT2D eigenvalue weighted by Crippen LogP contribution is 2.34. The van der Waals surface area contributed by atoms with Gasteiger partial charge in [0.1, 0.15) is 5.82 Å². The van der Waals surface area contributed by atoms with Crippen LogP contribution in [0.2, 0.25) is 0 Å². The van der Waals surface area contributed by atoms with Crippen molar-refractivity contribution >= 4 is 0 Å². The fourth-order valence-corrected chi connectivity index (χ4v) is 2.71. The van der Waals surface area contributed by atoms with Crippen molar-refractivity contribution in [3.05, 3.63) is 84.2 Å². The summed E-state index contributed by atoms with van der Waals surface area (Å²) in [7, 11) is 0. The van der Waals surface area contributed by atoms with Crippen molar-refractivity contribution in [3.8, 4) is 22.3 Å². The average Bonchev–Trinajstić information content (AvgIpc) is 2.55. The lowest BCUT2D eigenvalue weighted by molar-refractivity contribution is 0.590. The molecule has 3 aromatic rings. The van der Waals surface area contributed by atoms with Crippen LogP contribution in [0.1, 0.15) is 26.3 Å². The Morgan fingerprint density at radius 2 is 1.26 bits per heavy atom. The number of hydrogen-bond acceptors (Lipinski definition) is 0. The van der Waals surface area contributed by atoms with Gasteiger partial charge in [0.05, 0.1) is 0 Å². The molecule has 0 fully saturated rings. The van der Waals surface area contributed by atoms with E-state index in [0.717, 1.165) is 16.7 Å². The summed E-state index contributed by atoms with van der Waals surface area (Å²) in [5.41, 5.74) is 5.06. The minimum Gasteiger partial charge on any atom is -0.206 e. The van der Waals surface area contributed by atoms with Crippen molar-refractivity contribution in [2.75, 3.05) is 0 Å². The van der Waals surface area contributed by atoms with Crippen molar-refractivity contribution in [1.82, 2.24) is 0 Å². The molecule has 0 aliphatic rings. The van der Waals surface area contributed by atoms with Crippen LogP contribution in [-0.2, 0) is 5.41 Å². The predicted octanol–water partition coefficient (Wildman–Crippen LogP) is 6.46. The average molecular weight is 304 g/mol. The second-order valence-corrected chi connectivity index (χ2v) is 6.89. The van der Waals surface area contributed by atoms with Gasteiger partial charge in [-0.25, -0.2) is 4.39 Å². The van der Waals surface area contributed by atoms with Gasteiger partial charge in [0.15, 0.2) is 0 Å². The van der Waals surface area contributed by atoms with E-state index in [4.69, 9.17) is 0 Å². The van der Waals surface area contributed by atoms with E-state index in [0.29, 0.717) is 5.56 Å². The second-order valence-electron chi connectivity index (χ2n) is 6.89. The Kier molecular flexibility index (Phi) is 4.04. The van der Waals surface area contributed by atoms with E-state index in [9.17, 15) is 4.39 Å². The number of rotatable bonds is 2. The van der Waals surface area contributed by atoms with Crippen LogP contribution < -0.4 is 0 Å². The fourth-order valence-electron chi connectivity index (χ4n) is 2.71. The third-order valence-electron chi connectivity index (χ3n) is 4.09. The molecule has 0 spiro atoms. The maximum atomic E-state index is 14.2. The molecule has 0 bridgehead atoms. The van der Waals surface area contributed by atoms with Crippen LogP contribution in [0.4, 0.5) is 4.39 Å². The molecule has 0 amide bonds. The van der Waals surface area contributed by atoms with Gasteiger partial charge >= 0.3 is 0 Å². The summed E-state index contributed by atoms with van der Waals surface area (Å²) in [6.45, 7) is 6.55. The molecule has 1 heteroatoms. The van der Waals surface area contributed by atoms with E-state index < -0.39 is 0 Å². The molecule has 0 atom stereocenters. The lowest BCUT2D eigenvalue weighted by Crippen LogP contribution is -2.11. The summed E-state index contributed by atoms with van der Waals surface area (Å²) in [6, 6.07) is 23.6. The summed E-state index contributed by atoms with van der Waals surface area (Å²) in [5, 5.41) is 0. The highest BCUT2D eigenvalue weighted by Gasteiger charge is 2.17. The molecule has 0 N–H and O–H groups in total. The third-order valence-corrected chi connectivity index (χ3v) is 4.09. The summed E-state index contributed by atoms with van der Waals surface area (Å²) in [5.74, 6) is -0.183. The van der Waals surface area contributed by atoms with Gasteiger partial charge in [-0.15, -0.1) is 0 Å². The van der Waals surface area contributed by atoms with E-state index in [1.54, 1.807) is 6.07 Å². The predicted molar refractivity (Wildman–Crippen MR) is 96.0 cm³/mol. The summed E-state index contributed by atoms with van der Waals surface area (Å²) >= 11 is 0. The van der Waals surface area contributed by atoms with Crippen LogP contribution in [-0.4, -0.2) is 0 Å². The minimum absolute atomic E-state index is 0.00476. The van der Waals surface area contributed by atoms with Gasteiger partial charge in [-0.3, -0.25) is 0 Å². The summed E-state index contributed by atoms with van der Waals surface area (Å²) in [6.07, 6.45) is 0. The Labute approximate surface area is 137 Å². The number of halogens is 1. The maximum Gasteiger partial charge on any atom is 0.131 e. The Balaban J connectivity index is 2.23. The first kappa shape index (κ1) is 15.5. The van der Waals surface area contributed by atoms with Crippen molar-refractivity contribution in [2.24, 2.45) is 0 Å². The molecular formula is C22H21F. The van der Waals surface area contributed by atoms with E-state index >= 15 is 0 Å². The van der Waals surface area contributed by atoms with Gasteiger partial charge in [-0.2, -0.15) is 0 Å². The van der Waals surface area contributed by atoms with Crippen LogP contribution in [0.3, 0.4) is 0 Å². The molecule has 3 aromatic carbocycles. The van der Waals surface area contributed by atoms with Crippen LogP contribution >= 0.6 is 0 Å². The molecule has 0 saturated carbocycles. The molecule has 0 nitrogen and oxygen atoms in total. The molecule has 0 heterocycles. The highest BCUT2D eigenvalue weighted by molar-refractivity contribution is 5.74. The zero-order valence-electron chi connectivity index (χ0n) is 13.8. The normalized spacial score (nSPS) is 11.5. The van der Waals surface area contributed by atoms with Crippen LogP contribution in [0.25, 0.3) is 22.3 Å². The second kappa shape index (κ2) is 6.00. The molecule has 23 heavy (non-hydrogen) atoms. The maximum absolute atomic E-state index is 14.2. The van der Waals surface area contributed by atoms with Crippen molar-refractivity contribution in [2.45, 2.75) is 26.2 Å². The zero-order chi connectivity index (χ0) is 16.4. The molecule has 0 radical (unpaired) electrons. The topological polar surface area (TPSA) is 0 Å². The number of hydrogen-bond donors (Lipinski definition) is 0. The van der Waals surface area contributed by atoms with Gasteiger partial charge in [0, 0.05) is 5.56 Å². The van der Waals surface area contributed by atoms with Gasteiger partial charge in [-0.05, 0) is 39.8 Å². The Morgan fingerprint density at radius 1 is 0.652 bits per heavy atom. The van der Waals surface area contributed by atoms with E-state index in [-0.39, 0.29) is 11.2 Å². The molecular weight excluding hydrogens is 283 g/mol. The molecule has 3 rings (SSSR count). The third kappa shape index (κ3) is 3.34. The van der Waals surface area contributed by atoms with E-state index in [1.165, 1.54) is 11.6 Å². The minimum atomic E-state index is -0.183. The van der Waals surface area contributed by atoms with Crippen LogP contribution in [0.5, 0.6) is 0 Å². The first-order valence-corrected chi connectivity index (χ1v) is 7.91. The summed E-state index contributed by atoms with van der Waals surface area (Å²) in [4.78, 5) is 0. The molecule has 0 saturated heterocycles. The Bertz CT molecular complexity index is 811. The van der Waals surface area contributed by atoms with E-state index in [2.05, 4.69) is 51.1 Å². The largest absolute Gasteiger partial charge is 0.206 e. The van der Waals surface area contributed by atoms with Crippen LogP contribution in [0, 0.1) is 5.82 Å². The van der Waals surface area contributed by atoms with Gasteiger partial charge in [-0.1, -0.05) is 81.4 Å².